The average Bonchev–Trinajstić information content (AvgIpc) is 2.53. The van der Waals surface area contributed by atoms with Crippen LogP contribution in [0.5, 0.6) is 0 Å². The number of hydrogen-bond donors (Lipinski definition) is 0. The summed E-state index contributed by atoms with van der Waals surface area (Å²) in [6.45, 7) is 2.68. The molecule has 0 atom stereocenters. The molecule has 0 N–H and O–H groups in total. The Bertz CT molecular complexity index is 271. The van der Waals surface area contributed by atoms with Gasteiger partial charge < -0.3 is 0 Å². The van der Waals surface area contributed by atoms with E-state index in [-0.39, 0.29) is 11.0 Å². The zero-order valence-corrected chi connectivity index (χ0v) is 8.45. The molecule has 1 heterocycles. The van der Waals surface area contributed by atoms with E-state index >= 15 is 0 Å². The summed E-state index contributed by atoms with van der Waals surface area (Å²) >= 11 is 1.24. The second-order valence-electron chi connectivity index (χ2n) is 2.27. The Morgan fingerprint density at radius 3 is 2.92 bits per heavy atom. The molecule has 0 bridgehead atoms. The standard InChI is InChI=1S/C6H11NO3S2/c1-2-4-10-12(8,9)6-7-3-5-11-6/h2-5H2,1H3. The molecule has 12 heavy (non-hydrogen) atoms. The fourth-order valence-electron chi connectivity index (χ4n) is 0.710. The summed E-state index contributed by atoms with van der Waals surface area (Å²) in [4.78, 5) is 3.83. The highest BCUT2D eigenvalue weighted by molar-refractivity contribution is 8.34. The Labute approximate surface area is 76.5 Å². The second-order valence-corrected chi connectivity index (χ2v) is 5.14. The molecule has 0 spiro atoms. The van der Waals surface area contributed by atoms with Crippen molar-refractivity contribution in [3.8, 4) is 0 Å². The van der Waals surface area contributed by atoms with Crippen LogP contribution >= 0.6 is 11.8 Å². The van der Waals surface area contributed by atoms with Crippen molar-refractivity contribution >= 4 is 26.3 Å². The van der Waals surface area contributed by atoms with E-state index in [2.05, 4.69) is 9.18 Å². The van der Waals surface area contributed by atoms with Crippen LogP contribution < -0.4 is 0 Å². The van der Waals surface area contributed by atoms with Gasteiger partial charge in [0.1, 0.15) is 0 Å². The first-order valence-electron chi connectivity index (χ1n) is 3.73. The van der Waals surface area contributed by atoms with E-state index in [1.165, 1.54) is 11.8 Å². The predicted octanol–water partition coefficient (Wildman–Crippen LogP) is 0.846. The molecule has 4 nitrogen and oxygen atoms in total. The molecule has 1 aliphatic heterocycles. The molecule has 1 aliphatic rings. The van der Waals surface area contributed by atoms with E-state index in [0.29, 0.717) is 13.0 Å². The lowest BCUT2D eigenvalue weighted by Crippen LogP contribution is -2.13. The summed E-state index contributed by atoms with van der Waals surface area (Å²) in [5.41, 5.74) is 0. The molecule has 0 saturated heterocycles. The van der Waals surface area contributed by atoms with Gasteiger partial charge >= 0.3 is 10.1 Å². The molecular formula is C6H11NO3S2. The molecule has 0 aromatic heterocycles. The summed E-state index contributed by atoms with van der Waals surface area (Å²) in [5, 5.41) is 0. The normalized spacial score (nSPS) is 17.9. The maximum absolute atomic E-state index is 11.2. The SMILES string of the molecule is CCCOS(=O)(=O)C1=NCCS1. The van der Waals surface area contributed by atoms with Gasteiger partial charge in [0.2, 0.25) is 4.38 Å². The molecular weight excluding hydrogens is 198 g/mol. The Morgan fingerprint density at radius 2 is 2.42 bits per heavy atom. The van der Waals surface area contributed by atoms with Crippen LogP contribution in [0.25, 0.3) is 0 Å². The van der Waals surface area contributed by atoms with E-state index in [0.717, 1.165) is 5.75 Å². The zero-order valence-electron chi connectivity index (χ0n) is 6.82. The van der Waals surface area contributed by atoms with Crippen molar-refractivity contribution in [2.24, 2.45) is 4.99 Å². The van der Waals surface area contributed by atoms with Crippen molar-refractivity contribution in [2.45, 2.75) is 13.3 Å². The zero-order chi connectivity index (χ0) is 9.03. The summed E-state index contributed by atoms with van der Waals surface area (Å²) in [7, 11) is -3.51. The van der Waals surface area contributed by atoms with Gasteiger partial charge in [-0.1, -0.05) is 18.7 Å². The van der Waals surface area contributed by atoms with Gasteiger partial charge in [-0.15, -0.1) is 0 Å². The van der Waals surface area contributed by atoms with Crippen LogP contribution in [0.4, 0.5) is 0 Å². The first-order chi connectivity index (χ1) is 5.67. The fourth-order valence-corrected chi connectivity index (χ4v) is 2.96. The minimum atomic E-state index is -3.51. The van der Waals surface area contributed by atoms with Crippen molar-refractivity contribution in [3.05, 3.63) is 0 Å². The first-order valence-corrected chi connectivity index (χ1v) is 6.13. The summed E-state index contributed by atoms with van der Waals surface area (Å²) in [5.74, 6) is 0.740. The fraction of sp³-hybridized carbons (Fsp3) is 0.833. The Balaban J connectivity index is 2.59. The van der Waals surface area contributed by atoms with Gasteiger partial charge in [-0.2, -0.15) is 8.42 Å². The van der Waals surface area contributed by atoms with Crippen LogP contribution in [-0.4, -0.2) is 31.7 Å². The molecule has 0 amide bonds. The summed E-state index contributed by atoms with van der Waals surface area (Å²) in [6.07, 6.45) is 0.692. The second kappa shape index (κ2) is 4.25. The van der Waals surface area contributed by atoms with Crippen molar-refractivity contribution in [2.75, 3.05) is 18.9 Å². The van der Waals surface area contributed by atoms with Crippen LogP contribution in [0.15, 0.2) is 4.99 Å². The number of rotatable bonds is 3. The smallest absolute Gasteiger partial charge is 0.265 e. The van der Waals surface area contributed by atoms with E-state index in [9.17, 15) is 8.42 Å². The maximum atomic E-state index is 11.2. The van der Waals surface area contributed by atoms with Crippen molar-refractivity contribution < 1.29 is 12.6 Å². The highest BCUT2D eigenvalue weighted by Crippen LogP contribution is 2.17. The number of hydrogen-bond acceptors (Lipinski definition) is 5. The maximum Gasteiger partial charge on any atom is 0.320 e. The first kappa shape index (κ1) is 10.0. The summed E-state index contributed by atoms with van der Waals surface area (Å²) in [6, 6.07) is 0. The van der Waals surface area contributed by atoms with E-state index in [1.54, 1.807) is 0 Å². The molecule has 6 heteroatoms. The predicted molar refractivity (Wildman–Crippen MR) is 49.9 cm³/mol. The van der Waals surface area contributed by atoms with Crippen LogP contribution in [-0.2, 0) is 14.3 Å². The van der Waals surface area contributed by atoms with Gasteiger partial charge in [-0.25, -0.2) is 0 Å². The van der Waals surface area contributed by atoms with Crippen molar-refractivity contribution in [1.82, 2.24) is 0 Å². The number of nitrogens with zero attached hydrogens (tertiary/aromatic N) is 1. The molecule has 0 aromatic rings. The largest absolute Gasteiger partial charge is 0.320 e. The molecule has 0 unspecified atom stereocenters. The van der Waals surface area contributed by atoms with Crippen LogP contribution in [0.2, 0.25) is 0 Å². The topological polar surface area (TPSA) is 55.7 Å². The molecule has 0 aromatic carbocycles. The van der Waals surface area contributed by atoms with Gasteiger partial charge in [0.25, 0.3) is 0 Å². The molecule has 0 saturated carbocycles. The molecule has 0 fully saturated rings. The van der Waals surface area contributed by atoms with Gasteiger partial charge in [0, 0.05) is 5.75 Å². The summed E-state index contributed by atoms with van der Waals surface area (Å²) < 4.78 is 27.3. The average molecular weight is 209 g/mol. The van der Waals surface area contributed by atoms with Gasteiger partial charge in [-0.3, -0.25) is 9.18 Å². The minimum absolute atomic E-state index is 0.135. The number of thioether (sulfide) groups is 1. The Hall–Kier alpha value is -0.0700. The molecule has 70 valence electrons. The lowest BCUT2D eigenvalue weighted by atomic mass is 10.5. The third kappa shape index (κ3) is 2.46. The van der Waals surface area contributed by atoms with E-state index < -0.39 is 10.1 Å². The number of aliphatic imine (C=N–C) groups is 1. The quantitative estimate of drug-likeness (QED) is 0.646. The van der Waals surface area contributed by atoms with Crippen molar-refractivity contribution in [3.63, 3.8) is 0 Å². The Morgan fingerprint density at radius 1 is 1.67 bits per heavy atom. The van der Waals surface area contributed by atoms with E-state index in [4.69, 9.17) is 0 Å². The molecule has 1 rings (SSSR count). The van der Waals surface area contributed by atoms with Crippen LogP contribution in [0.3, 0.4) is 0 Å². The highest BCUT2D eigenvalue weighted by Gasteiger charge is 2.23. The Kier molecular flexibility index (Phi) is 3.54. The monoisotopic (exact) mass is 209 g/mol. The van der Waals surface area contributed by atoms with Gasteiger partial charge in [-0.05, 0) is 6.42 Å². The lowest BCUT2D eigenvalue weighted by molar-refractivity contribution is 0.326. The lowest BCUT2D eigenvalue weighted by Gasteiger charge is -2.01. The molecule has 0 radical (unpaired) electrons. The third-order valence-electron chi connectivity index (χ3n) is 1.21. The van der Waals surface area contributed by atoms with Crippen molar-refractivity contribution in [1.29, 1.82) is 0 Å². The molecule has 0 aliphatic carbocycles. The van der Waals surface area contributed by atoms with Gasteiger partial charge in [0.15, 0.2) is 0 Å². The van der Waals surface area contributed by atoms with Gasteiger partial charge in [0.05, 0.1) is 13.2 Å². The van der Waals surface area contributed by atoms with E-state index in [1.807, 2.05) is 6.92 Å². The van der Waals surface area contributed by atoms with Crippen LogP contribution in [0, 0.1) is 0 Å². The van der Waals surface area contributed by atoms with Crippen LogP contribution in [0.1, 0.15) is 13.3 Å². The third-order valence-corrected chi connectivity index (χ3v) is 3.98. The minimum Gasteiger partial charge on any atom is -0.265 e. The highest BCUT2D eigenvalue weighted by atomic mass is 32.3.